The molecule has 1 N–H and O–H groups in total. The number of amides is 1. The number of halogens is 2. The fraction of sp³-hybridized carbons (Fsp3) is 0.0556. The summed E-state index contributed by atoms with van der Waals surface area (Å²) in [6, 6.07) is 16.9. The number of benzene rings is 2. The molecule has 7 heteroatoms. The fourth-order valence-corrected chi connectivity index (χ4v) is 2.20. The van der Waals surface area contributed by atoms with Crippen LogP contribution in [-0.4, -0.2) is 23.7 Å². The number of pyridine rings is 1. The van der Waals surface area contributed by atoms with Crippen molar-refractivity contribution in [2.45, 2.75) is 6.61 Å². The summed E-state index contributed by atoms with van der Waals surface area (Å²) in [4.78, 5) is 16.4. The molecule has 0 unspecified atom stereocenters. The largest absolute Gasteiger partial charge is 0.434 e. The molecule has 0 radical (unpaired) electrons. The lowest BCUT2D eigenvalue weighted by atomic mass is 10.2. The van der Waals surface area contributed by atoms with Gasteiger partial charge in [-0.2, -0.15) is 13.9 Å². The van der Waals surface area contributed by atoms with Crippen LogP contribution >= 0.6 is 0 Å². The second kappa shape index (κ2) is 7.48. The molecule has 0 aliphatic rings. The molecule has 0 aliphatic heterocycles. The maximum atomic E-state index is 12.4. The molecule has 1 amide bonds. The van der Waals surface area contributed by atoms with Gasteiger partial charge in [0.2, 0.25) is 0 Å². The first-order valence-corrected chi connectivity index (χ1v) is 7.36. The van der Waals surface area contributed by atoms with Gasteiger partial charge in [0.15, 0.2) is 0 Å². The first-order chi connectivity index (χ1) is 12.1. The van der Waals surface area contributed by atoms with Crippen molar-refractivity contribution in [3.05, 3.63) is 71.9 Å². The number of hydrogen-bond acceptors (Lipinski definition) is 4. The summed E-state index contributed by atoms with van der Waals surface area (Å²) in [7, 11) is 0. The van der Waals surface area contributed by atoms with Crippen LogP contribution in [-0.2, 0) is 0 Å². The molecule has 5 nitrogen and oxygen atoms in total. The molecular weight excluding hydrogens is 328 g/mol. The maximum absolute atomic E-state index is 12.4. The Morgan fingerprint density at radius 1 is 1.08 bits per heavy atom. The molecular formula is C18H13F2N3O2. The highest BCUT2D eigenvalue weighted by molar-refractivity contribution is 5.95. The van der Waals surface area contributed by atoms with Gasteiger partial charge in [-0.1, -0.05) is 36.4 Å². The molecule has 0 saturated carbocycles. The monoisotopic (exact) mass is 341 g/mol. The lowest BCUT2D eigenvalue weighted by molar-refractivity contribution is -0.0499. The van der Waals surface area contributed by atoms with E-state index in [-0.39, 0.29) is 11.4 Å². The summed E-state index contributed by atoms with van der Waals surface area (Å²) in [6.07, 6.45) is 1.23. The molecule has 0 bridgehead atoms. The Hall–Kier alpha value is -3.35. The molecule has 0 aliphatic carbocycles. The molecule has 0 atom stereocenters. The fourth-order valence-electron chi connectivity index (χ4n) is 2.20. The number of ether oxygens (including phenoxy) is 1. The second-order valence-electron chi connectivity index (χ2n) is 5.00. The van der Waals surface area contributed by atoms with Crippen LogP contribution in [0.2, 0.25) is 0 Å². The van der Waals surface area contributed by atoms with Crippen molar-refractivity contribution >= 4 is 23.0 Å². The number of alkyl halides is 2. The lowest BCUT2D eigenvalue weighted by Crippen LogP contribution is -2.19. The van der Waals surface area contributed by atoms with Gasteiger partial charge in [-0.25, -0.2) is 10.4 Å². The normalized spacial score (nSPS) is 11.2. The zero-order valence-corrected chi connectivity index (χ0v) is 12.9. The van der Waals surface area contributed by atoms with Gasteiger partial charge >= 0.3 is 6.61 Å². The van der Waals surface area contributed by atoms with Gasteiger partial charge in [-0.15, -0.1) is 0 Å². The minimum atomic E-state index is -2.94. The second-order valence-corrected chi connectivity index (χ2v) is 5.00. The van der Waals surface area contributed by atoms with Crippen molar-refractivity contribution in [1.29, 1.82) is 0 Å². The van der Waals surface area contributed by atoms with Crippen LogP contribution in [0.15, 0.2) is 65.8 Å². The van der Waals surface area contributed by atoms with E-state index in [1.807, 2.05) is 18.2 Å². The predicted molar refractivity (Wildman–Crippen MR) is 89.9 cm³/mol. The average Bonchev–Trinajstić information content (AvgIpc) is 2.62. The highest BCUT2D eigenvalue weighted by atomic mass is 19.3. The Morgan fingerprint density at radius 3 is 2.68 bits per heavy atom. The first-order valence-electron chi connectivity index (χ1n) is 7.36. The van der Waals surface area contributed by atoms with E-state index in [4.69, 9.17) is 0 Å². The predicted octanol–water partition coefficient (Wildman–Crippen LogP) is 3.60. The Bertz CT molecular complexity index is 929. The third kappa shape index (κ3) is 4.14. The summed E-state index contributed by atoms with van der Waals surface area (Å²) in [5, 5.41) is 4.69. The number of carbonyl (C=O) groups excluding carboxylic acids is 1. The van der Waals surface area contributed by atoms with Crippen molar-refractivity contribution in [2.24, 2.45) is 5.10 Å². The van der Waals surface area contributed by atoms with Crippen molar-refractivity contribution in [3.63, 3.8) is 0 Å². The Balaban J connectivity index is 1.72. The van der Waals surface area contributed by atoms with E-state index >= 15 is 0 Å². The van der Waals surface area contributed by atoms with Gasteiger partial charge < -0.3 is 4.74 Å². The minimum Gasteiger partial charge on any atom is -0.434 e. The third-order valence-electron chi connectivity index (χ3n) is 3.34. The number of para-hydroxylation sites is 2. The van der Waals surface area contributed by atoms with Gasteiger partial charge in [0, 0.05) is 10.9 Å². The topological polar surface area (TPSA) is 63.6 Å². The van der Waals surface area contributed by atoms with Crippen molar-refractivity contribution in [3.8, 4) is 5.75 Å². The zero-order valence-electron chi connectivity index (χ0n) is 12.9. The van der Waals surface area contributed by atoms with E-state index in [2.05, 4.69) is 20.2 Å². The van der Waals surface area contributed by atoms with E-state index in [0.717, 1.165) is 5.39 Å². The molecule has 0 saturated heterocycles. The number of nitrogens with one attached hydrogen (secondary N) is 1. The molecule has 3 rings (SSSR count). The van der Waals surface area contributed by atoms with Crippen molar-refractivity contribution in [2.75, 3.05) is 0 Å². The summed E-state index contributed by atoms with van der Waals surface area (Å²) in [5.74, 6) is -0.534. The quantitative estimate of drug-likeness (QED) is 0.570. The van der Waals surface area contributed by atoms with Crippen LogP contribution in [0.25, 0.3) is 10.9 Å². The molecule has 2 aromatic carbocycles. The number of rotatable bonds is 5. The molecule has 1 heterocycles. The van der Waals surface area contributed by atoms with Gasteiger partial charge in [-0.3, -0.25) is 4.79 Å². The van der Waals surface area contributed by atoms with Crippen LogP contribution in [0, 0.1) is 0 Å². The Morgan fingerprint density at radius 2 is 1.84 bits per heavy atom. The van der Waals surface area contributed by atoms with Crippen molar-refractivity contribution < 1.29 is 18.3 Å². The maximum Gasteiger partial charge on any atom is 0.387 e. The molecule has 1 aromatic heterocycles. The van der Waals surface area contributed by atoms with E-state index in [0.29, 0.717) is 11.1 Å². The van der Waals surface area contributed by atoms with Gasteiger partial charge in [0.1, 0.15) is 11.4 Å². The van der Waals surface area contributed by atoms with Gasteiger partial charge in [0.25, 0.3) is 5.91 Å². The van der Waals surface area contributed by atoms with E-state index in [1.54, 1.807) is 36.4 Å². The Kier molecular flexibility index (Phi) is 4.94. The molecule has 0 fully saturated rings. The number of hydrazone groups is 1. The van der Waals surface area contributed by atoms with Gasteiger partial charge in [0.05, 0.1) is 11.7 Å². The summed E-state index contributed by atoms with van der Waals surface area (Å²) >= 11 is 0. The number of fused-ring (bicyclic) bond motifs is 1. The van der Waals surface area contributed by atoms with Crippen molar-refractivity contribution in [1.82, 2.24) is 10.4 Å². The van der Waals surface area contributed by atoms with Crippen LogP contribution in [0.3, 0.4) is 0 Å². The van der Waals surface area contributed by atoms with Crippen LogP contribution in [0.4, 0.5) is 8.78 Å². The molecule has 25 heavy (non-hydrogen) atoms. The molecule has 126 valence electrons. The Labute approximate surface area is 142 Å². The minimum absolute atomic E-state index is 0.0284. The molecule has 3 aromatic rings. The smallest absolute Gasteiger partial charge is 0.387 e. The van der Waals surface area contributed by atoms with E-state index < -0.39 is 12.5 Å². The summed E-state index contributed by atoms with van der Waals surface area (Å²) in [6.45, 7) is -2.94. The van der Waals surface area contributed by atoms with Gasteiger partial charge in [-0.05, 0) is 24.3 Å². The standard InChI is InChI=1S/C18H13F2N3O2/c19-18(20)25-16-8-4-2-6-13(16)11-21-23-17(24)15-10-9-12-5-1-3-7-14(12)22-15/h1-11,18H,(H,23,24)/b21-11+. The van der Waals surface area contributed by atoms with Crippen LogP contribution in [0.5, 0.6) is 5.75 Å². The average molecular weight is 341 g/mol. The summed E-state index contributed by atoms with van der Waals surface area (Å²) in [5.41, 5.74) is 3.52. The van der Waals surface area contributed by atoms with Crippen LogP contribution in [0.1, 0.15) is 16.1 Å². The zero-order chi connectivity index (χ0) is 17.6. The lowest BCUT2D eigenvalue weighted by Gasteiger charge is -2.07. The number of carbonyl (C=O) groups is 1. The van der Waals surface area contributed by atoms with E-state index in [9.17, 15) is 13.6 Å². The van der Waals surface area contributed by atoms with Crippen LogP contribution < -0.4 is 10.2 Å². The first kappa shape index (κ1) is 16.5. The number of aromatic nitrogens is 1. The number of nitrogens with zero attached hydrogens (tertiary/aromatic N) is 2. The highest BCUT2D eigenvalue weighted by Gasteiger charge is 2.09. The SMILES string of the molecule is O=C(N/N=C/c1ccccc1OC(F)F)c1ccc2ccccc2n1. The third-order valence-corrected chi connectivity index (χ3v) is 3.34. The van der Waals surface area contributed by atoms with E-state index in [1.165, 1.54) is 12.3 Å². The molecule has 0 spiro atoms. The summed E-state index contributed by atoms with van der Waals surface area (Å²) < 4.78 is 29.1. The number of hydrogen-bond donors (Lipinski definition) is 1. The highest BCUT2D eigenvalue weighted by Crippen LogP contribution is 2.18.